The first-order valence-electron chi connectivity index (χ1n) is 7.99. The van der Waals surface area contributed by atoms with Crippen LogP contribution in [0.25, 0.3) is 0 Å². The molecule has 2 N–H and O–H groups in total. The summed E-state index contributed by atoms with van der Waals surface area (Å²) in [6.07, 6.45) is 2.47. The number of hydrogen-bond donors (Lipinski definition) is 2. The third kappa shape index (κ3) is 4.83. The summed E-state index contributed by atoms with van der Waals surface area (Å²) in [6, 6.07) is 0. The lowest BCUT2D eigenvalue weighted by atomic mass is 9.95. The number of nitrogens with one attached hydrogen (secondary N) is 1. The molecule has 2 heterocycles. The third-order valence-corrected chi connectivity index (χ3v) is 4.27. The molecule has 0 aliphatic carbocycles. The van der Waals surface area contributed by atoms with Gasteiger partial charge in [-0.15, -0.1) is 0 Å². The zero-order chi connectivity index (χ0) is 15.1. The second-order valence-electron chi connectivity index (χ2n) is 6.06. The van der Waals surface area contributed by atoms with E-state index in [0.717, 1.165) is 38.6 Å². The molecule has 1 atom stereocenters. The van der Waals surface area contributed by atoms with Crippen LogP contribution in [0.2, 0.25) is 0 Å². The van der Waals surface area contributed by atoms with Crippen LogP contribution in [0.5, 0.6) is 0 Å². The Bertz CT molecular complexity index is 343. The SMILES string of the molecule is CCNC(=NCC1(O)CCOCC1)N1CCC(COC)C1. The van der Waals surface area contributed by atoms with Gasteiger partial charge in [-0.1, -0.05) is 0 Å². The Morgan fingerprint density at radius 1 is 1.48 bits per heavy atom. The fourth-order valence-corrected chi connectivity index (χ4v) is 2.95. The second kappa shape index (κ2) is 7.96. The molecule has 0 aromatic heterocycles. The van der Waals surface area contributed by atoms with Crippen LogP contribution >= 0.6 is 0 Å². The minimum Gasteiger partial charge on any atom is -0.388 e. The molecule has 0 aromatic carbocycles. The van der Waals surface area contributed by atoms with Crippen LogP contribution in [0.3, 0.4) is 0 Å². The smallest absolute Gasteiger partial charge is 0.194 e. The highest BCUT2D eigenvalue weighted by atomic mass is 16.5. The summed E-state index contributed by atoms with van der Waals surface area (Å²) in [6.45, 7) is 7.39. The van der Waals surface area contributed by atoms with E-state index in [4.69, 9.17) is 9.47 Å². The molecule has 2 saturated heterocycles. The van der Waals surface area contributed by atoms with Gasteiger partial charge in [-0.3, -0.25) is 4.99 Å². The van der Waals surface area contributed by atoms with Crippen molar-refractivity contribution in [3.63, 3.8) is 0 Å². The van der Waals surface area contributed by atoms with E-state index in [9.17, 15) is 5.11 Å². The molecular weight excluding hydrogens is 270 g/mol. The molecule has 2 rings (SSSR count). The van der Waals surface area contributed by atoms with Crippen LogP contribution in [-0.4, -0.2) is 74.7 Å². The van der Waals surface area contributed by atoms with E-state index in [2.05, 4.69) is 22.1 Å². The van der Waals surface area contributed by atoms with Crippen molar-refractivity contribution in [2.45, 2.75) is 31.8 Å². The van der Waals surface area contributed by atoms with E-state index in [1.807, 2.05) is 0 Å². The van der Waals surface area contributed by atoms with Gasteiger partial charge >= 0.3 is 0 Å². The Hall–Kier alpha value is -0.850. The number of nitrogens with zero attached hydrogens (tertiary/aromatic N) is 2. The van der Waals surface area contributed by atoms with E-state index in [0.29, 0.717) is 38.5 Å². The summed E-state index contributed by atoms with van der Waals surface area (Å²) in [5, 5.41) is 13.9. The first kappa shape index (κ1) is 16.5. The second-order valence-corrected chi connectivity index (χ2v) is 6.06. The lowest BCUT2D eigenvalue weighted by molar-refractivity contribution is -0.0566. The van der Waals surface area contributed by atoms with Crippen molar-refractivity contribution in [1.29, 1.82) is 0 Å². The first-order chi connectivity index (χ1) is 10.2. The van der Waals surface area contributed by atoms with Crippen molar-refractivity contribution in [2.24, 2.45) is 10.9 Å². The molecule has 2 aliphatic rings. The highest BCUT2D eigenvalue weighted by Gasteiger charge is 2.30. The topological polar surface area (TPSA) is 66.3 Å². The molecule has 0 saturated carbocycles. The van der Waals surface area contributed by atoms with Crippen molar-refractivity contribution in [1.82, 2.24) is 10.2 Å². The van der Waals surface area contributed by atoms with Crippen LogP contribution in [0.4, 0.5) is 0 Å². The van der Waals surface area contributed by atoms with Crippen LogP contribution < -0.4 is 5.32 Å². The van der Waals surface area contributed by atoms with Crippen molar-refractivity contribution in [3.05, 3.63) is 0 Å². The summed E-state index contributed by atoms with van der Waals surface area (Å²) >= 11 is 0. The van der Waals surface area contributed by atoms with Gasteiger partial charge in [0.15, 0.2) is 5.96 Å². The van der Waals surface area contributed by atoms with E-state index < -0.39 is 5.60 Å². The van der Waals surface area contributed by atoms with Crippen LogP contribution in [0.15, 0.2) is 4.99 Å². The molecular formula is C15H29N3O3. The zero-order valence-electron chi connectivity index (χ0n) is 13.3. The monoisotopic (exact) mass is 299 g/mol. The number of aliphatic imine (C=N–C) groups is 1. The average Bonchev–Trinajstić information content (AvgIpc) is 2.93. The van der Waals surface area contributed by atoms with Gasteiger partial charge in [0.25, 0.3) is 0 Å². The first-order valence-corrected chi connectivity index (χ1v) is 7.99. The molecule has 0 amide bonds. The Balaban J connectivity index is 1.93. The van der Waals surface area contributed by atoms with Crippen molar-refractivity contribution >= 4 is 5.96 Å². The van der Waals surface area contributed by atoms with Gasteiger partial charge in [-0.25, -0.2) is 0 Å². The number of methoxy groups -OCH3 is 1. The van der Waals surface area contributed by atoms with Gasteiger partial charge in [-0.2, -0.15) is 0 Å². The molecule has 0 spiro atoms. The number of likely N-dealkylation sites (tertiary alicyclic amines) is 1. The molecule has 2 aliphatic heterocycles. The maximum absolute atomic E-state index is 10.5. The van der Waals surface area contributed by atoms with Gasteiger partial charge in [-0.05, 0) is 13.3 Å². The number of hydrogen-bond acceptors (Lipinski definition) is 4. The molecule has 6 nitrogen and oxygen atoms in total. The van der Waals surface area contributed by atoms with E-state index in [1.54, 1.807) is 7.11 Å². The van der Waals surface area contributed by atoms with Crippen molar-refractivity contribution in [2.75, 3.05) is 53.1 Å². The van der Waals surface area contributed by atoms with Gasteiger partial charge in [0.1, 0.15) is 0 Å². The van der Waals surface area contributed by atoms with Crippen LogP contribution in [0, 0.1) is 5.92 Å². The molecule has 6 heteroatoms. The molecule has 21 heavy (non-hydrogen) atoms. The Morgan fingerprint density at radius 2 is 2.24 bits per heavy atom. The van der Waals surface area contributed by atoms with Gasteiger partial charge in [0.05, 0.1) is 18.8 Å². The average molecular weight is 299 g/mol. The Kier molecular flexibility index (Phi) is 6.26. The zero-order valence-corrected chi connectivity index (χ0v) is 13.3. The van der Waals surface area contributed by atoms with E-state index >= 15 is 0 Å². The van der Waals surface area contributed by atoms with Gasteiger partial charge in [0, 0.05) is 58.7 Å². The number of guanidine groups is 1. The fourth-order valence-electron chi connectivity index (χ4n) is 2.95. The van der Waals surface area contributed by atoms with E-state index in [1.165, 1.54) is 0 Å². The molecule has 122 valence electrons. The fraction of sp³-hybridized carbons (Fsp3) is 0.933. The summed E-state index contributed by atoms with van der Waals surface area (Å²) < 4.78 is 10.6. The Labute approximate surface area is 127 Å². The van der Waals surface area contributed by atoms with Gasteiger partial charge in [0.2, 0.25) is 0 Å². The minimum absolute atomic E-state index is 0.449. The van der Waals surface area contributed by atoms with Crippen LogP contribution in [0.1, 0.15) is 26.2 Å². The summed E-state index contributed by atoms with van der Waals surface area (Å²) in [4.78, 5) is 6.94. The quantitative estimate of drug-likeness (QED) is 0.570. The molecule has 2 fully saturated rings. The normalized spacial score (nSPS) is 26.1. The summed E-state index contributed by atoms with van der Waals surface area (Å²) in [7, 11) is 1.75. The number of rotatable bonds is 5. The third-order valence-electron chi connectivity index (χ3n) is 4.27. The summed E-state index contributed by atoms with van der Waals surface area (Å²) in [5.41, 5.74) is -0.704. The molecule has 0 bridgehead atoms. The highest BCUT2D eigenvalue weighted by molar-refractivity contribution is 5.80. The van der Waals surface area contributed by atoms with Crippen LogP contribution in [-0.2, 0) is 9.47 Å². The highest BCUT2D eigenvalue weighted by Crippen LogP contribution is 2.21. The maximum atomic E-state index is 10.5. The molecule has 0 aromatic rings. The lowest BCUT2D eigenvalue weighted by Crippen LogP contribution is -2.43. The largest absolute Gasteiger partial charge is 0.388 e. The predicted octanol–water partition coefficient (Wildman–Crippen LogP) is 0.462. The maximum Gasteiger partial charge on any atom is 0.194 e. The number of ether oxygens (including phenoxy) is 2. The van der Waals surface area contributed by atoms with Crippen molar-refractivity contribution in [3.8, 4) is 0 Å². The van der Waals surface area contributed by atoms with Gasteiger partial charge < -0.3 is 24.8 Å². The summed E-state index contributed by atoms with van der Waals surface area (Å²) in [5.74, 6) is 1.49. The lowest BCUT2D eigenvalue weighted by Gasteiger charge is -2.31. The van der Waals surface area contributed by atoms with Crippen molar-refractivity contribution < 1.29 is 14.6 Å². The Morgan fingerprint density at radius 3 is 2.90 bits per heavy atom. The standard InChI is InChI=1S/C15H29N3O3/c1-3-16-14(18-7-4-13(10-18)11-20-2)17-12-15(19)5-8-21-9-6-15/h13,19H,3-12H2,1-2H3,(H,16,17). The number of aliphatic hydroxyl groups is 1. The minimum atomic E-state index is -0.704. The van der Waals surface area contributed by atoms with E-state index in [-0.39, 0.29) is 0 Å². The molecule has 0 radical (unpaired) electrons. The molecule has 1 unspecified atom stereocenters. The predicted molar refractivity (Wildman–Crippen MR) is 82.5 cm³/mol.